The minimum absolute atomic E-state index is 0.531. The van der Waals surface area contributed by atoms with E-state index in [1.807, 2.05) is 29.8 Å². The first-order chi connectivity index (χ1) is 10.1. The standard InChI is InChI=1S/C16H21N5/c1-11-15(10-18-16(17)19-13-8-9-13)12(2)21(20-11)14-6-4-3-5-7-14/h3-7,13H,8-10H2,1-2H3,(H3,17,18,19). The minimum atomic E-state index is 0.531. The van der Waals surface area contributed by atoms with E-state index in [1.54, 1.807) is 0 Å². The Kier molecular flexibility index (Phi) is 3.64. The molecule has 5 heteroatoms. The molecule has 0 radical (unpaired) electrons. The van der Waals surface area contributed by atoms with E-state index in [0.717, 1.165) is 22.6 Å². The summed E-state index contributed by atoms with van der Waals surface area (Å²) < 4.78 is 1.96. The van der Waals surface area contributed by atoms with Crippen LogP contribution in [0.5, 0.6) is 0 Å². The van der Waals surface area contributed by atoms with Crippen LogP contribution in [0.4, 0.5) is 0 Å². The molecule has 110 valence electrons. The van der Waals surface area contributed by atoms with Crippen LogP contribution in [0.15, 0.2) is 35.3 Å². The number of hydrogen-bond acceptors (Lipinski definition) is 2. The van der Waals surface area contributed by atoms with Crippen molar-refractivity contribution < 1.29 is 0 Å². The zero-order chi connectivity index (χ0) is 14.8. The van der Waals surface area contributed by atoms with Crippen molar-refractivity contribution in [2.24, 2.45) is 10.7 Å². The van der Waals surface area contributed by atoms with Gasteiger partial charge in [-0.05, 0) is 38.8 Å². The summed E-state index contributed by atoms with van der Waals surface area (Å²) in [6, 6.07) is 10.7. The predicted molar refractivity (Wildman–Crippen MR) is 84.5 cm³/mol. The van der Waals surface area contributed by atoms with E-state index in [0.29, 0.717) is 18.5 Å². The Morgan fingerprint density at radius 1 is 1.33 bits per heavy atom. The van der Waals surface area contributed by atoms with E-state index in [-0.39, 0.29) is 0 Å². The van der Waals surface area contributed by atoms with Crippen LogP contribution in [-0.4, -0.2) is 21.8 Å². The van der Waals surface area contributed by atoms with Crippen molar-refractivity contribution in [1.82, 2.24) is 15.1 Å². The number of aromatic nitrogens is 2. The molecule has 0 unspecified atom stereocenters. The van der Waals surface area contributed by atoms with Crippen molar-refractivity contribution >= 4 is 5.96 Å². The van der Waals surface area contributed by atoms with Crippen LogP contribution in [0.1, 0.15) is 29.8 Å². The highest BCUT2D eigenvalue weighted by Crippen LogP contribution is 2.19. The summed E-state index contributed by atoms with van der Waals surface area (Å²) >= 11 is 0. The van der Waals surface area contributed by atoms with Crippen molar-refractivity contribution in [1.29, 1.82) is 0 Å². The number of hydrogen-bond donors (Lipinski definition) is 2. The van der Waals surface area contributed by atoms with Gasteiger partial charge in [0.05, 0.1) is 17.9 Å². The lowest BCUT2D eigenvalue weighted by Gasteiger charge is -2.05. The average molecular weight is 283 g/mol. The molecule has 2 aromatic rings. The van der Waals surface area contributed by atoms with Crippen LogP contribution in [0.25, 0.3) is 5.69 Å². The number of aryl methyl sites for hydroxylation is 1. The number of aliphatic imine (C=N–C) groups is 1. The first-order valence-electron chi connectivity index (χ1n) is 7.32. The monoisotopic (exact) mass is 283 g/mol. The molecule has 3 N–H and O–H groups in total. The molecule has 1 aromatic carbocycles. The van der Waals surface area contributed by atoms with Gasteiger partial charge >= 0.3 is 0 Å². The summed E-state index contributed by atoms with van der Waals surface area (Å²) in [4.78, 5) is 4.43. The lowest BCUT2D eigenvalue weighted by molar-refractivity contribution is 0.832. The number of nitrogens with one attached hydrogen (secondary N) is 1. The van der Waals surface area contributed by atoms with Gasteiger partial charge in [0.15, 0.2) is 5.96 Å². The van der Waals surface area contributed by atoms with Gasteiger partial charge in [-0.1, -0.05) is 18.2 Å². The Bertz CT molecular complexity index is 653. The van der Waals surface area contributed by atoms with E-state index in [2.05, 4.69) is 34.5 Å². The van der Waals surface area contributed by atoms with Gasteiger partial charge in [0.25, 0.3) is 0 Å². The fourth-order valence-electron chi connectivity index (χ4n) is 2.37. The normalized spacial score (nSPS) is 15.2. The molecule has 21 heavy (non-hydrogen) atoms. The molecule has 0 saturated heterocycles. The van der Waals surface area contributed by atoms with Crippen LogP contribution < -0.4 is 11.1 Å². The summed E-state index contributed by atoms with van der Waals surface area (Å²) in [5, 5.41) is 7.82. The van der Waals surface area contributed by atoms with Crippen molar-refractivity contribution in [2.75, 3.05) is 0 Å². The van der Waals surface area contributed by atoms with Crippen molar-refractivity contribution in [2.45, 2.75) is 39.3 Å². The molecule has 1 saturated carbocycles. The number of benzene rings is 1. The summed E-state index contributed by atoms with van der Waals surface area (Å²) in [5.74, 6) is 0.531. The lowest BCUT2D eigenvalue weighted by atomic mass is 10.2. The second-order valence-electron chi connectivity index (χ2n) is 5.52. The molecule has 1 aliphatic carbocycles. The van der Waals surface area contributed by atoms with Gasteiger partial charge in [0.1, 0.15) is 0 Å². The molecule has 0 amide bonds. The number of nitrogens with two attached hydrogens (primary N) is 1. The van der Waals surface area contributed by atoms with E-state index in [4.69, 9.17) is 5.73 Å². The van der Waals surface area contributed by atoms with Crippen molar-refractivity contribution in [3.8, 4) is 5.69 Å². The zero-order valence-electron chi connectivity index (χ0n) is 12.5. The van der Waals surface area contributed by atoms with Crippen molar-refractivity contribution in [3.63, 3.8) is 0 Å². The van der Waals surface area contributed by atoms with Crippen molar-refractivity contribution in [3.05, 3.63) is 47.3 Å². The molecule has 5 nitrogen and oxygen atoms in total. The molecule has 0 spiro atoms. The topological polar surface area (TPSA) is 68.2 Å². The van der Waals surface area contributed by atoms with Gasteiger partial charge in [-0.3, -0.25) is 0 Å². The largest absolute Gasteiger partial charge is 0.370 e. The maximum atomic E-state index is 5.89. The van der Waals surface area contributed by atoms with Gasteiger partial charge in [-0.2, -0.15) is 5.10 Å². The summed E-state index contributed by atoms with van der Waals surface area (Å²) in [7, 11) is 0. The third-order valence-corrected chi connectivity index (χ3v) is 3.78. The summed E-state index contributed by atoms with van der Waals surface area (Å²) in [5.41, 5.74) is 10.2. The third-order valence-electron chi connectivity index (χ3n) is 3.78. The van der Waals surface area contributed by atoms with Crippen LogP contribution in [0, 0.1) is 13.8 Å². The number of para-hydroxylation sites is 1. The third kappa shape index (κ3) is 3.07. The second kappa shape index (κ2) is 5.60. The van der Waals surface area contributed by atoms with Gasteiger partial charge in [-0.25, -0.2) is 9.67 Å². The first kappa shape index (κ1) is 13.7. The van der Waals surface area contributed by atoms with E-state index in [1.165, 1.54) is 12.8 Å². The number of nitrogens with zero attached hydrogens (tertiary/aromatic N) is 3. The molecule has 1 fully saturated rings. The summed E-state index contributed by atoms with van der Waals surface area (Å²) in [6.07, 6.45) is 2.39. The van der Waals surface area contributed by atoms with E-state index in [9.17, 15) is 0 Å². The first-order valence-corrected chi connectivity index (χ1v) is 7.32. The highest BCUT2D eigenvalue weighted by atomic mass is 15.3. The van der Waals surface area contributed by atoms with Crippen LogP contribution in [-0.2, 0) is 6.54 Å². The van der Waals surface area contributed by atoms with Gasteiger partial charge < -0.3 is 11.1 Å². The molecular formula is C16H21N5. The van der Waals surface area contributed by atoms with Crippen LogP contribution in [0.2, 0.25) is 0 Å². The van der Waals surface area contributed by atoms with Gasteiger partial charge in [0, 0.05) is 17.3 Å². The molecule has 0 aliphatic heterocycles. The van der Waals surface area contributed by atoms with E-state index >= 15 is 0 Å². The van der Waals surface area contributed by atoms with Crippen LogP contribution in [0.3, 0.4) is 0 Å². The smallest absolute Gasteiger partial charge is 0.189 e. The second-order valence-corrected chi connectivity index (χ2v) is 5.52. The van der Waals surface area contributed by atoms with E-state index < -0.39 is 0 Å². The molecule has 0 atom stereocenters. The zero-order valence-corrected chi connectivity index (χ0v) is 12.5. The fraction of sp³-hybridized carbons (Fsp3) is 0.375. The maximum Gasteiger partial charge on any atom is 0.189 e. The van der Waals surface area contributed by atoms with Gasteiger partial charge in [-0.15, -0.1) is 0 Å². The highest BCUT2D eigenvalue weighted by molar-refractivity contribution is 5.78. The maximum absolute atomic E-state index is 5.89. The van der Waals surface area contributed by atoms with Gasteiger partial charge in [0.2, 0.25) is 0 Å². The quantitative estimate of drug-likeness (QED) is 0.666. The Hall–Kier alpha value is -2.30. The molecular weight excluding hydrogens is 262 g/mol. The van der Waals surface area contributed by atoms with Crippen LogP contribution >= 0.6 is 0 Å². The molecule has 1 aromatic heterocycles. The SMILES string of the molecule is Cc1nn(-c2ccccc2)c(C)c1CN=C(N)NC1CC1. The fourth-order valence-corrected chi connectivity index (χ4v) is 2.37. The molecule has 1 heterocycles. The highest BCUT2D eigenvalue weighted by Gasteiger charge is 2.21. The Morgan fingerprint density at radius 2 is 2.05 bits per heavy atom. The minimum Gasteiger partial charge on any atom is -0.370 e. The molecule has 1 aliphatic rings. The Balaban J connectivity index is 1.81. The predicted octanol–water partition coefficient (Wildman–Crippen LogP) is 2.06. The summed E-state index contributed by atoms with van der Waals surface area (Å²) in [6.45, 7) is 4.65. The molecule has 0 bridgehead atoms. The lowest BCUT2D eigenvalue weighted by Crippen LogP contribution is -2.33. The Labute approximate surface area is 124 Å². The number of guanidine groups is 1. The Morgan fingerprint density at radius 3 is 2.71 bits per heavy atom. The average Bonchev–Trinajstić information content (AvgIpc) is 3.24. The number of rotatable bonds is 4. The molecule has 3 rings (SSSR count).